The summed E-state index contributed by atoms with van der Waals surface area (Å²) >= 11 is 1.21. The number of aromatic carboxylic acids is 1. The molecule has 1 aromatic heterocycles. The Balaban J connectivity index is 1.79. The van der Waals surface area contributed by atoms with Gasteiger partial charge in [0.2, 0.25) is 0 Å². The molecule has 7 nitrogen and oxygen atoms in total. The van der Waals surface area contributed by atoms with Gasteiger partial charge >= 0.3 is 12.0 Å². The van der Waals surface area contributed by atoms with E-state index in [0.29, 0.717) is 24.0 Å². The predicted octanol–water partition coefficient (Wildman–Crippen LogP) is 0.755. The average molecular weight is 299 g/mol. The van der Waals surface area contributed by atoms with Crippen LogP contribution in [-0.2, 0) is 6.54 Å². The van der Waals surface area contributed by atoms with Gasteiger partial charge in [-0.1, -0.05) is 0 Å². The summed E-state index contributed by atoms with van der Waals surface area (Å²) in [5, 5.41) is 22.4. The van der Waals surface area contributed by atoms with Gasteiger partial charge < -0.3 is 20.4 Å². The van der Waals surface area contributed by atoms with E-state index >= 15 is 0 Å². The summed E-state index contributed by atoms with van der Waals surface area (Å²) in [7, 11) is 0. The zero-order valence-corrected chi connectivity index (χ0v) is 11.7. The molecule has 2 rings (SSSR count). The van der Waals surface area contributed by atoms with Crippen LogP contribution in [-0.4, -0.2) is 51.8 Å². The topological polar surface area (TPSA) is 103 Å². The summed E-state index contributed by atoms with van der Waals surface area (Å²) in [6, 6.07) is -0.169. The van der Waals surface area contributed by atoms with Gasteiger partial charge in [0.25, 0.3) is 0 Å². The second kappa shape index (κ2) is 6.67. The minimum Gasteiger partial charge on any atom is -0.476 e. The molecule has 1 aromatic rings. The van der Waals surface area contributed by atoms with Crippen molar-refractivity contribution >= 4 is 23.3 Å². The molecule has 20 heavy (non-hydrogen) atoms. The first kappa shape index (κ1) is 14.7. The molecule has 110 valence electrons. The molecule has 0 bridgehead atoms. The van der Waals surface area contributed by atoms with Crippen molar-refractivity contribution in [1.29, 1.82) is 0 Å². The number of aromatic nitrogens is 1. The molecule has 8 heteroatoms. The van der Waals surface area contributed by atoms with Crippen LogP contribution in [0.15, 0.2) is 5.38 Å². The van der Waals surface area contributed by atoms with Gasteiger partial charge in [-0.2, -0.15) is 0 Å². The molecule has 1 aliphatic rings. The van der Waals surface area contributed by atoms with Crippen molar-refractivity contribution in [2.75, 3.05) is 19.7 Å². The lowest BCUT2D eigenvalue weighted by atomic mass is 10.1. The molecule has 2 heterocycles. The molecule has 0 aromatic carbocycles. The highest BCUT2D eigenvalue weighted by Crippen LogP contribution is 2.19. The lowest BCUT2D eigenvalue weighted by molar-refractivity contribution is 0.0691. The van der Waals surface area contributed by atoms with Crippen molar-refractivity contribution in [3.63, 3.8) is 0 Å². The van der Waals surface area contributed by atoms with Crippen molar-refractivity contribution < 1.29 is 19.8 Å². The number of aliphatic hydroxyl groups excluding tert-OH is 1. The van der Waals surface area contributed by atoms with Gasteiger partial charge in [0.15, 0.2) is 5.69 Å². The summed E-state index contributed by atoms with van der Waals surface area (Å²) in [5.41, 5.74) is 0.00318. The Hall–Kier alpha value is -1.67. The van der Waals surface area contributed by atoms with Gasteiger partial charge in [0.1, 0.15) is 5.01 Å². The Morgan fingerprint density at radius 1 is 1.55 bits per heavy atom. The number of carboxylic acids is 1. The number of likely N-dealkylation sites (tertiary alicyclic amines) is 1. The molecule has 0 radical (unpaired) electrons. The third-order valence-electron chi connectivity index (χ3n) is 3.27. The summed E-state index contributed by atoms with van der Waals surface area (Å²) in [6.45, 7) is 1.73. The third-order valence-corrected chi connectivity index (χ3v) is 4.12. The number of hydrogen-bond donors (Lipinski definition) is 3. The highest BCUT2D eigenvalue weighted by Gasteiger charge is 2.25. The van der Waals surface area contributed by atoms with E-state index in [1.807, 2.05) is 0 Å². The summed E-state index contributed by atoms with van der Waals surface area (Å²) in [6.07, 6.45) is 1.63. The molecule has 1 aliphatic heterocycles. The first-order valence-electron chi connectivity index (χ1n) is 6.41. The van der Waals surface area contributed by atoms with Crippen molar-refractivity contribution in [3.8, 4) is 0 Å². The van der Waals surface area contributed by atoms with E-state index in [-0.39, 0.29) is 24.9 Å². The number of thiazole rings is 1. The summed E-state index contributed by atoms with van der Waals surface area (Å²) in [5.74, 6) is -0.700. The number of nitrogens with one attached hydrogen (secondary N) is 1. The first-order valence-corrected chi connectivity index (χ1v) is 7.29. The van der Waals surface area contributed by atoms with E-state index in [1.54, 1.807) is 4.90 Å². The number of rotatable bonds is 5. The van der Waals surface area contributed by atoms with Crippen LogP contribution < -0.4 is 5.32 Å². The Kier molecular flexibility index (Phi) is 4.91. The van der Waals surface area contributed by atoms with Crippen LogP contribution in [0.5, 0.6) is 0 Å². The second-order valence-corrected chi connectivity index (χ2v) is 5.65. The molecule has 1 fully saturated rings. The standard InChI is InChI=1S/C12H17N3O4S/c16-4-2-8-1-3-15(6-8)12(19)13-5-10-14-9(7-20-10)11(17)18/h7-8,16H,1-6H2,(H,13,19)(H,17,18). The zero-order chi connectivity index (χ0) is 14.5. The van der Waals surface area contributed by atoms with Crippen molar-refractivity contribution in [1.82, 2.24) is 15.2 Å². The van der Waals surface area contributed by atoms with Crippen LogP contribution in [0.3, 0.4) is 0 Å². The maximum Gasteiger partial charge on any atom is 0.355 e. The highest BCUT2D eigenvalue weighted by atomic mass is 32.1. The quantitative estimate of drug-likeness (QED) is 0.744. The fraction of sp³-hybridized carbons (Fsp3) is 0.583. The van der Waals surface area contributed by atoms with Gasteiger partial charge in [0.05, 0.1) is 6.54 Å². The molecule has 1 atom stereocenters. The molecular formula is C12H17N3O4S. The van der Waals surface area contributed by atoms with Gasteiger partial charge in [-0.3, -0.25) is 0 Å². The monoisotopic (exact) mass is 299 g/mol. The number of amides is 2. The Labute approximate surface area is 120 Å². The van der Waals surface area contributed by atoms with Gasteiger partial charge in [-0.05, 0) is 18.8 Å². The van der Waals surface area contributed by atoms with Crippen molar-refractivity contribution in [3.05, 3.63) is 16.1 Å². The van der Waals surface area contributed by atoms with Crippen molar-refractivity contribution in [2.24, 2.45) is 5.92 Å². The molecule has 1 saturated heterocycles. The van der Waals surface area contributed by atoms with Gasteiger partial charge in [0, 0.05) is 25.1 Å². The summed E-state index contributed by atoms with van der Waals surface area (Å²) in [4.78, 5) is 28.2. The molecule has 3 N–H and O–H groups in total. The minimum atomic E-state index is -1.06. The zero-order valence-electron chi connectivity index (χ0n) is 10.9. The maximum absolute atomic E-state index is 11.9. The second-order valence-electron chi connectivity index (χ2n) is 4.70. The number of carboxylic acid groups (broad SMARTS) is 1. The highest BCUT2D eigenvalue weighted by molar-refractivity contribution is 7.09. The normalized spacial score (nSPS) is 18.2. The maximum atomic E-state index is 11.9. The lowest BCUT2D eigenvalue weighted by Gasteiger charge is -2.16. The fourth-order valence-corrected chi connectivity index (χ4v) is 2.90. The third kappa shape index (κ3) is 3.67. The molecular weight excluding hydrogens is 282 g/mol. The van der Waals surface area contributed by atoms with Crippen LogP contribution >= 0.6 is 11.3 Å². The van der Waals surface area contributed by atoms with E-state index < -0.39 is 5.97 Å². The van der Waals surface area contributed by atoms with Crippen LogP contribution in [0.25, 0.3) is 0 Å². The number of carbonyl (C=O) groups excluding carboxylic acids is 1. The Morgan fingerprint density at radius 3 is 3.00 bits per heavy atom. The lowest BCUT2D eigenvalue weighted by Crippen LogP contribution is -2.38. The first-order chi connectivity index (χ1) is 9.60. The van der Waals surface area contributed by atoms with E-state index in [0.717, 1.165) is 12.8 Å². The minimum absolute atomic E-state index is 0.00318. The SMILES string of the molecule is O=C(O)c1csc(CNC(=O)N2CCC(CCO)C2)n1. The van der Waals surface area contributed by atoms with Crippen molar-refractivity contribution in [2.45, 2.75) is 19.4 Å². The molecule has 1 unspecified atom stereocenters. The number of urea groups is 1. The van der Waals surface area contributed by atoms with E-state index in [2.05, 4.69) is 10.3 Å². The van der Waals surface area contributed by atoms with E-state index in [4.69, 9.17) is 10.2 Å². The largest absolute Gasteiger partial charge is 0.476 e. The van der Waals surface area contributed by atoms with E-state index in [9.17, 15) is 9.59 Å². The van der Waals surface area contributed by atoms with Gasteiger partial charge in [-0.15, -0.1) is 11.3 Å². The average Bonchev–Trinajstić information content (AvgIpc) is 3.05. The number of carbonyl (C=O) groups is 2. The molecule has 0 aliphatic carbocycles. The predicted molar refractivity (Wildman–Crippen MR) is 72.7 cm³/mol. The van der Waals surface area contributed by atoms with Crippen LogP contribution in [0.1, 0.15) is 28.3 Å². The molecule has 2 amide bonds. The van der Waals surface area contributed by atoms with Gasteiger partial charge in [-0.25, -0.2) is 14.6 Å². The molecule has 0 spiro atoms. The van der Waals surface area contributed by atoms with Crippen LogP contribution in [0, 0.1) is 5.92 Å². The fourth-order valence-electron chi connectivity index (χ4n) is 2.19. The number of hydrogen-bond acceptors (Lipinski definition) is 5. The summed E-state index contributed by atoms with van der Waals surface area (Å²) < 4.78 is 0. The number of nitrogens with zero attached hydrogens (tertiary/aromatic N) is 2. The smallest absolute Gasteiger partial charge is 0.355 e. The Morgan fingerprint density at radius 2 is 2.35 bits per heavy atom. The Bertz CT molecular complexity index is 491. The van der Waals surface area contributed by atoms with Crippen LogP contribution in [0.4, 0.5) is 4.79 Å². The molecule has 0 saturated carbocycles. The number of aliphatic hydroxyl groups is 1. The van der Waals surface area contributed by atoms with Crippen LogP contribution in [0.2, 0.25) is 0 Å². The van der Waals surface area contributed by atoms with E-state index in [1.165, 1.54) is 16.7 Å².